The molecule has 1 aromatic rings. The van der Waals surface area contributed by atoms with Gasteiger partial charge in [0.15, 0.2) is 0 Å². The second-order valence-electron chi connectivity index (χ2n) is 4.12. The molecule has 1 aromatic heterocycles. The molecule has 0 aliphatic carbocycles. The van der Waals surface area contributed by atoms with Crippen molar-refractivity contribution in [3.8, 4) is 0 Å². The maximum Gasteiger partial charge on any atom is 0.133 e. The lowest BCUT2D eigenvalue weighted by Gasteiger charge is -2.11. The number of aryl methyl sites for hydroxylation is 1. The molecule has 1 rings (SSSR count). The number of nitrogens with zero attached hydrogens (tertiary/aromatic N) is 2. The summed E-state index contributed by atoms with van der Waals surface area (Å²) in [4.78, 5) is 9.19. The first kappa shape index (κ1) is 14.3. The monoisotopic (exact) mass is 253 g/mol. The number of thioether (sulfide) groups is 1. The third-order valence-corrected chi connectivity index (χ3v) is 3.76. The number of hydrogen-bond acceptors (Lipinski definition) is 4. The maximum atomic E-state index is 4.65. The first-order valence-corrected chi connectivity index (χ1v) is 7.39. The minimum Gasteiger partial charge on any atom is -0.373 e. The average molecular weight is 253 g/mol. The van der Waals surface area contributed by atoms with Gasteiger partial charge in [-0.15, -0.1) is 11.8 Å². The smallest absolute Gasteiger partial charge is 0.133 e. The van der Waals surface area contributed by atoms with Crippen LogP contribution in [0.2, 0.25) is 0 Å². The fraction of sp³-hybridized carbons (Fsp3) is 0.692. The van der Waals surface area contributed by atoms with Crippen LogP contribution >= 0.6 is 11.8 Å². The molecule has 0 atom stereocenters. The standard InChI is InChI=1S/C13H23N3S/c1-5-7-9-17-13-10(3)12(14-4)15-11(16-13)8-6-2/h5-9H2,1-4H3,(H,14,15,16). The van der Waals surface area contributed by atoms with Gasteiger partial charge in [-0.3, -0.25) is 0 Å². The van der Waals surface area contributed by atoms with E-state index in [1.807, 2.05) is 18.8 Å². The zero-order chi connectivity index (χ0) is 12.7. The third-order valence-electron chi connectivity index (χ3n) is 2.59. The predicted molar refractivity (Wildman–Crippen MR) is 75.9 cm³/mol. The lowest BCUT2D eigenvalue weighted by molar-refractivity contribution is 0.802. The van der Waals surface area contributed by atoms with E-state index in [1.54, 1.807) is 0 Å². The van der Waals surface area contributed by atoms with Gasteiger partial charge in [0.1, 0.15) is 16.7 Å². The number of unbranched alkanes of at least 4 members (excludes halogenated alkanes) is 1. The summed E-state index contributed by atoms with van der Waals surface area (Å²) in [6.07, 6.45) is 4.52. The van der Waals surface area contributed by atoms with Crippen LogP contribution in [0, 0.1) is 6.92 Å². The molecule has 0 saturated carbocycles. The Balaban J connectivity index is 2.88. The topological polar surface area (TPSA) is 37.8 Å². The summed E-state index contributed by atoms with van der Waals surface area (Å²) in [6, 6.07) is 0. The molecule has 0 bridgehead atoms. The number of nitrogens with one attached hydrogen (secondary N) is 1. The highest BCUT2D eigenvalue weighted by molar-refractivity contribution is 7.99. The highest BCUT2D eigenvalue weighted by Gasteiger charge is 2.09. The summed E-state index contributed by atoms with van der Waals surface area (Å²) >= 11 is 1.85. The van der Waals surface area contributed by atoms with Crippen LogP contribution in [0.4, 0.5) is 5.82 Å². The van der Waals surface area contributed by atoms with E-state index in [9.17, 15) is 0 Å². The van der Waals surface area contributed by atoms with Gasteiger partial charge < -0.3 is 5.32 Å². The van der Waals surface area contributed by atoms with E-state index in [1.165, 1.54) is 18.4 Å². The quantitative estimate of drug-likeness (QED) is 0.457. The van der Waals surface area contributed by atoms with Gasteiger partial charge in [-0.25, -0.2) is 9.97 Å². The molecule has 96 valence electrons. The summed E-state index contributed by atoms with van der Waals surface area (Å²) in [5.74, 6) is 3.08. The van der Waals surface area contributed by atoms with Gasteiger partial charge >= 0.3 is 0 Å². The highest BCUT2D eigenvalue weighted by atomic mass is 32.2. The molecule has 1 N–H and O–H groups in total. The van der Waals surface area contributed by atoms with Crippen molar-refractivity contribution in [3.63, 3.8) is 0 Å². The van der Waals surface area contributed by atoms with E-state index in [0.29, 0.717) is 0 Å². The van der Waals surface area contributed by atoms with Crippen molar-refractivity contribution in [2.45, 2.75) is 51.5 Å². The van der Waals surface area contributed by atoms with Gasteiger partial charge in [0.25, 0.3) is 0 Å². The minimum atomic E-state index is 0.955. The lowest BCUT2D eigenvalue weighted by Crippen LogP contribution is -2.05. The lowest BCUT2D eigenvalue weighted by atomic mass is 10.3. The molecule has 0 amide bonds. The highest BCUT2D eigenvalue weighted by Crippen LogP contribution is 2.25. The Morgan fingerprint density at radius 1 is 1.18 bits per heavy atom. The van der Waals surface area contributed by atoms with Crippen LogP contribution in [-0.4, -0.2) is 22.8 Å². The molecule has 3 nitrogen and oxygen atoms in total. The van der Waals surface area contributed by atoms with Crippen LogP contribution in [0.1, 0.15) is 44.5 Å². The van der Waals surface area contributed by atoms with Crippen LogP contribution in [0.25, 0.3) is 0 Å². The van der Waals surface area contributed by atoms with Gasteiger partial charge in [-0.1, -0.05) is 20.3 Å². The second kappa shape index (κ2) is 7.54. The Morgan fingerprint density at radius 2 is 1.94 bits per heavy atom. The summed E-state index contributed by atoms with van der Waals surface area (Å²) in [5, 5.41) is 4.30. The molecule has 1 heterocycles. The average Bonchev–Trinajstić information content (AvgIpc) is 2.33. The van der Waals surface area contributed by atoms with Crippen molar-refractivity contribution < 1.29 is 0 Å². The van der Waals surface area contributed by atoms with E-state index in [4.69, 9.17) is 0 Å². The molecular weight excluding hydrogens is 230 g/mol. The summed E-state index contributed by atoms with van der Waals surface area (Å²) < 4.78 is 0. The second-order valence-corrected chi connectivity index (χ2v) is 5.20. The van der Waals surface area contributed by atoms with Crippen LogP contribution in [0.5, 0.6) is 0 Å². The summed E-state index contributed by atoms with van der Waals surface area (Å²) in [6.45, 7) is 6.47. The van der Waals surface area contributed by atoms with Crippen LogP contribution in [0.3, 0.4) is 0 Å². The van der Waals surface area contributed by atoms with Gasteiger partial charge in [-0.05, 0) is 25.5 Å². The SMILES string of the molecule is CCCCSc1nc(CCC)nc(NC)c1C. The van der Waals surface area contributed by atoms with Gasteiger partial charge in [0, 0.05) is 19.0 Å². The first-order valence-electron chi connectivity index (χ1n) is 6.40. The molecule has 0 fully saturated rings. The van der Waals surface area contributed by atoms with Crippen molar-refractivity contribution in [3.05, 3.63) is 11.4 Å². The van der Waals surface area contributed by atoms with Crippen molar-refractivity contribution in [1.29, 1.82) is 0 Å². The zero-order valence-corrected chi connectivity index (χ0v) is 12.2. The minimum absolute atomic E-state index is 0.955. The normalized spacial score (nSPS) is 10.6. The Hall–Kier alpha value is -0.770. The van der Waals surface area contributed by atoms with E-state index in [-0.39, 0.29) is 0 Å². The number of anilines is 1. The van der Waals surface area contributed by atoms with Crippen molar-refractivity contribution >= 4 is 17.6 Å². The third kappa shape index (κ3) is 4.19. The van der Waals surface area contributed by atoms with Crippen molar-refractivity contribution in [2.24, 2.45) is 0 Å². The van der Waals surface area contributed by atoms with Gasteiger partial charge in [0.05, 0.1) is 0 Å². The molecule has 0 aliphatic rings. The van der Waals surface area contributed by atoms with E-state index in [2.05, 4.69) is 36.1 Å². The molecule has 0 radical (unpaired) electrons. The maximum absolute atomic E-state index is 4.65. The van der Waals surface area contributed by atoms with E-state index < -0.39 is 0 Å². The molecular formula is C13H23N3S. The van der Waals surface area contributed by atoms with E-state index in [0.717, 1.165) is 35.3 Å². The van der Waals surface area contributed by atoms with Gasteiger partial charge in [-0.2, -0.15) is 0 Å². The zero-order valence-electron chi connectivity index (χ0n) is 11.3. The molecule has 0 aliphatic heterocycles. The largest absolute Gasteiger partial charge is 0.373 e. The van der Waals surface area contributed by atoms with Gasteiger partial charge in [0.2, 0.25) is 0 Å². The van der Waals surface area contributed by atoms with Crippen LogP contribution < -0.4 is 5.32 Å². The predicted octanol–water partition coefficient (Wildman–Crippen LogP) is 3.67. The van der Waals surface area contributed by atoms with Crippen LogP contribution in [-0.2, 0) is 6.42 Å². The van der Waals surface area contributed by atoms with E-state index >= 15 is 0 Å². The fourth-order valence-electron chi connectivity index (χ4n) is 1.57. The fourth-order valence-corrected chi connectivity index (χ4v) is 2.68. The molecule has 17 heavy (non-hydrogen) atoms. The molecule has 4 heteroatoms. The summed E-state index contributed by atoms with van der Waals surface area (Å²) in [5.41, 5.74) is 1.17. The van der Waals surface area contributed by atoms with Crippen molar-refractivity contribution in [1.82, 2.24) is 9.97 Å². The summed E-state index contributed by atoms with van der Waals surface area (Å²) in [7, 11) is 1.92. The Morgan fingerprint density at radius 3 is 2.53 bits per heavy atom. The molecule has 0 unspecified atom stereocenters. The Kier molecular flexibility index (Phi) is 6.34. The molecule has 0 spiro atoms. The number of hydrogen-bond donors (Lipinski definition) is 1. The number of rotatable bonds is 7. The molecule has 0 aromatic carbocycles. The number of aromatic nitrogens is 2. The van der Waals surface area contributed by atoms with Crippen LogP contribution in [0.15, 0.2) is 5.03 Å². The Bertz CT molecular complexity index is 353. The Labute approximate surface area is 109 Å². The van der Waals surface area contributed by atoms with Crippen molar-refractivity contribution in [2.75, 3.05) is 18.1 Å². The first-order chi connectivity index (χ1) is 8.22. The molecule has 0 saturated heterocycles.